The molecule has 7 heteroatoms. The number of pyridine rings is 1. The van der Waals surface area contributed by atoms with E-state index in [2.05, 4.69) is 10.3 Å². The van der Waals surface area contributed by atoms with Crippen molar-refractivity contribution in [3.63, 3.8) is 0 Å². The molecule has 0 atom stereocenters. The van der Waals surface area contributed by atoms with Crippen LogP contribution in [0.1, 0.15) is 28.0 Å². The number of benzene rings is 2. The number of nitrogens with one attached hydrogen (secondary N) is 1. The van der Waals surface area contributed by atoms with E-state index in [0.717, 1.165) is 47.5 Å². The maximum atomic E-state index is 13.1. The first-order valence-corrected chi connectivity index (χ1v) is 9.23. The maximum absolute atomic E-state index is 13.1. The fraction of sp³-hybridized carbons (Fsp3) is 0.190. The van der Waals surface area contributed by atoms with Crippen LogP contribution in [-0.4, -0.2) is 23.5 Å². The zero-order valence-corrected chi connectivity index (χ0v) is 15.6. The number of halogens is 2. The number of rotatable bonds is 4. The van der Waals surface area contributed by atoms with E-state index in [-0.39, 0.29) is 10.7 Å². The largest absolute Gasteiger partial charge is 0.452 e. The van der Waals surface area contributed by atoms with E-state index in [4.69, 9.17) is 16.3 Å². The van der Waals surface area contributed by atoms with Gasteiger partial charge in [0.15, 0.2) is 6.61 Å². The van der Waals surface area contributed by atoms with Crippen molar-refractivity contribution in [2.75, 3.05) is 11.9 Å². The SMILES string of the molecule is O=C(COC(=O)c1c2c(nc3ccccc13)CCC2)Nc1ccc(F)cc1Cl. The number of esters is 1. The second-order valence-corrected chi connectivity index (χ2v) is 6.94. The summed E-state index contributed by atoms with van der Waals surface area (Å²) in [6.45, 7) is -0.474. The van der Waals surface area contributed by atoms with Gasteiger partial charge in [0.1, 0.15) is 5.82 Å². The minimum atomic E-state index is -0.558. The third-order valence-electron chi connectivity index (χ3n) is 4.66. The molecule has 3 aromatic rings. The fourth-order valence-electron chi connectivity index (χ4n) is 3.42. The zero-order chi connectivity index (χ0) is 19.7. The van der Waals surface area contributed by atoms with Gasteiger partial charge in [-0.1, -0.05) is 29.8 Å². The van der Waals surface area contributed by atoms with Gasteiger partial charge in [-0.3, -0.25) is 9.78 Å². The molecule has 0 saturated heterocycles. The lowest BCUT2D eigenvalue weighted by Crippen LogP contribution is -2.22. The van der Waals surface area contributed by atoms with Crippen molar-refractivity contribution in [3.8, 4) is 0 Å². The maximum Gasteiger partial charge on any atom is 0.339 e. The molecule has 0 saturated carbocycles. The Labute approximate surface area is 165 Å². The first-order chi connectivity index (χ1) is 13.5. The highest BCUT2D eigenvalue weighted by molar-refractivity contribution is 6.33. The number of amides is 1. The van der Waals surface area contributed by atoms with Crippen LogP contribution < -0.4 is 5.32 Å². The molecule has 0 bridgehead atoms. The minimum Gasteiger partial charge on any atom is -0.452 e. The van der Waals surface area contributed by atoms with E-state index < -0.39 is 24.3 Å². The molecule has 1 aliphatic rings. The molecule has 5 nitrogen and oxygen atoms in total. The minimum absolute atomic E-state index is 0.0672. The first kappa shape index (κ1) is 18.4. The molecule has 4 rings (SSSR count). The molecule has 1 N–H and O–H groups in total. The Morgan fingerprint density at radius 3 is 2.82 bits per heavy atom. The summed E-state index contributed by atoms with van der Waals surface area (Å²) in [7, 11) is 0. The number of carbonyl (C=O) groups is 2. The smallest absolute Gasteiger partial charge is 0.339 e. The molecule has 28 heavy (non-hydrogen) atoms. The summed E-state index contributed by atoms with van der Waals surface area (Å²) in [4.78, 5) is 29.5. The molecule has 0 fully saturated rings. The fourth-order valence-corrected chi connectivity index (χ4v) is 3.64. The number of aromatic nitrogens is 1. The summed E-state index contributed by atoms with van der Waals surface area (Å²) in [6, 6.07) is 11.0. The number of nitrogens with zero attached hydrogens (tertiary/aromatic N) is 1. The Bertz CT molecular complexity index is 1100. The van der Waals surface area contributed by atoms with Crippen molar-refractivity contribution in [2.45, 2.75) is 19.3 Å². The number of carbonyl (C=O) groups excluding carboxylic acids is 2. The molecule has 0 radical (unpaired) electrons. The van der Waals surface area contributed by atoms with E-state index in [1.54, 1.807) is 0 Å². The van der Waals surface area contributed by atoms with Crippen LogP contribution in [0.4, 0.5) is 10.1 Å². The lowest BCUT2D eigenvalue weighted by Gasteiger charge is -2.12. The number of hydrogen-bond donors (Lipinski definition) is 1. The number of ether oxygens (including phenoxy) is 1. The van der Waals surface area contributed by atoms with Gasteiger partial charge in [0, 0.05) is 11.1 Å². The molecule has 1 amide bonds. The molecule has 0 unspecified atom stereocenters. The Hall–Kier alpha value is -2.99. The van der Waals surface area contributed by atoms with E-state index in [9.17, 15) is 14.0 Å². The van der Waals surface area contributed by atoms with Crippen LogP contribution in [0.25, 0.3) is 10.9 Å². The van der Waals surface area contributed by atoms with Crippen molar-refractivity contribution < 1.29 is 18.7 Å². The second kappa shape index (κ2) is 7.56. The van der Waals surface area contributed by atoms with Crippen LogP contribution in [0.5, 0.6) is 0 Å². The average molecular weight is 399 g/mol. The third-order valence-corrected chi connectivity index (χ3v) is 4.98. The van der Waals surface area contributed by atoms with Gasteiger partial charge >= 0.3 is 5.97 Å². The average Bonchev–Trinajstić information content (AvgIpc) is 3.14. The monoisotopic (exact) mass is 398 g/mol. The van der Waals surface area contributed by atoms with Crippen molar-refractivity contribution in [1.82, 2.24) is 4.98 Å². The van der Waals surface area contributed by atoms with Crippen molar-refractivity contribution in [1.29, 1.82) is 0 Å². The van der Waals surface area contributed by atoms with E-state index in [0.29, 0.717) is 5.56 Å². The lowest BCUT2D eigenvalue weighted by atomic mass is 10.0. The number of para-hydroxylation sites is 1. The summed E-state index contributed by atoms with van der Waals surface area (Å²) in [5, 5.41) is 3.29. The predicted octanol–water partition coefficient (Wildman–Crippen LogP) is 4.31. The molecule has 142 valence electrons. The Balaban J connectivity index is 1.52. The molecule has 0 spiro atoms. The van der Waals surface area contributed by atoms with E-state index in [1.165, 1.54) is 12.1 Å². The van der Waals surface area contributed by atoms with Gasteiger partial charge in [0.05, 0.1) is 21.8 Å². The number of fused-ring (bicyclic) bond motifs is 2. The molecule has 1 aliphatic carbocycles. The van der Waals surface area contributed by atoms with Crippen LogP contribution in [-0.2, 0) is 22.4 Å². The molecule has 0 aliphatic heterocycles. The van der Waals surface area contributed by atoms with E-state index >= 15 is 0 Å². The summed E-state index contributed by atoms with van der Waals surface area (Å²) in [6.07, 6.45) is 2.52. The molecular weight excluding hydrogens is 383 g/mol. The first-order valence-electron chi connectivity index (χ1n) is 8.85. The summed E-state index contributed by atoms with van der Waals surface area (Å²) in [5.74, 6) is -1.62. The Morgan fingerprint density at radius 1 is 1.18 bits per heavy atom. The van der Waals surface area contributed by atoms with Crippen molar-refractivity contribution in [3.05, 3.63) is 70.1 Å². The van der Waals surface area contributed by atoms with Crippen LogP contribution in [0.3, 0.4) is 0 Å². The summed E-state index contributed by atoms with van der Waals surface area (Å²) < 4.78 is 18.4. The standard InChI is InChI=1S/C21H16ClFN2O3/c22-15-10-12(23)8-9-18(15)25-19(26)11-28-21(27)20-13-4-1-2-6-16(13)24-17-7-3-5-14(17)20/h1-2,4,6,8-10H,3,5,7,11H2,(H,25,26). The lowest BCUT2D eigenvalue weighted by molar-refractivity contribution is -0.119. The van der Waals surface area contributed by atoms with Crippen LogP contribution in [0, 0.1) is 5.82 Å². The Kier molecular flexibility index (Phi) is 4.96. The number of hydrogen-bond acceptors (Lipinski definition) is 4. The predicted molar refractivity (Wildman–Crippen MR) is 104 cm³/mol. The van der Waals surface area contributed by atoms with Gasteiger partial charge in [-0.25, -0.2) is 9.18 Å². The number of anilines is 1. The van der Waals surface area contributed by atoms with Crippen molar-refractivity contribution in [2.24, 2.45) is 0 Å². The molecule has 1 aromatic heterocycles. The topological polar surface area (TPSA) is 68.3 Å². The van der Waals surface area contributed by atoms with Crippen LogP contribution in [0.15, 0.2) is 42.5 Å². The van der Waals surface area contributed by atoms with Crippen molar-refractivity contribution >= 4 is 40.1 Å². The highest BCUT2D eigenvalue weighted by Crippen LogP contribution is 2.30. The highest BCUT2D eigenvalue weighted by atomic mass is 35.5. The second-order valence-electron chi connectivity index (χ2n) is 6.53. The van der Waals surface area contributed by atoms with Gasteiger partial charge in [0.25, 0.3) is 5.91 Å². The van der Waals surface area contributed by atoms with Gasteiger partial charge in [-0.05, 0) is 49.1 Å². The molecule has 2 aromatic carbocycles. The zero-order valence-electron chi connectivity index (χ0n) is 14.8. The third kappa shape index (κ3) is 3.55. The summed E-state index contributed by atoms with van der Waals surface area (Å²) in [5.41, 5.74) is 3.27. The van der Waals surface area contributed by atoms with Gasteiger partial charge in [-0.15, -0.1) is 0 Å². The van der Waals surface area contributed by atoms with Crippen LogP contribution in [0.2, 0.25) is 5.02 Å². The van der Waals surface area contributed by atoms with Gasteiger partial charge in [0.2, 0.25) is 0 Å². The Morgan fingerprint density at radius 2 is 2.00 bits per heavy atom. The number of aryl methyl sites for hydroxylation is 1. The van der Waals surface area contributed by atoms with Gasteiger partial charge in [-0.2, -0.15) is 0 Å². The normalized spacial score (nSPS) is 12.6. The van der Waals surface area contributed by atoms with E-state index in [1.807, 2.05) is 24.3 Å². The highest BCUT2D eigenvalue weighted by Gasteiger charge is 2.25. The molecular formula is C21H16ClFN2O3. The molecule has 1 heterocycles. The quantitative estimate of drug-likeness (QED) is 0.665. The van der Waals surface area contributed by atoms with Crippen LogP contribution >= 0.6 is 11.6 Å². The summed E-state index contributed by atoms with van der Waals surface area (Å²) >= 11 is 5.89. The van der Waals surface area contributed by atoms with Gasteiger partial charge < -0.3 is 10.1 Å².